The first-order valence-electron chi connectivity index (χ1n) is 5.15. The highest BCUT2D eigenvalue weighted by Gasteiger charge is 2.10. The van der Waals surface area contributed by atoms with Gasteiger partial charge in [0.2, 0.25) is 5.82 Å². The summed E-state index contributed by atoms with van der Waals surface area (Å²) in [7, 11) is 0. The van der Waals surface area contributed by atoms with Gasteiger partial charge >= 0.3 is 5.97 Å². The van der Waals surface area contributed by atoms with E-state index >= 15 is 0 Å². The van der Waals surface area contributed by atoms with Gasteiger partial charge in [0.15, 0.2) is 0 Å². The first-order chi connectivity index (χ1) is 8.16. The molecule has 0 bridgehead atoms. The molecule has 2 aromatic rings. The fourth-order valence-corrected chi connectivity index (χ4v) is 1.63. The van der Waals surface area contributed by atoms with E-state index in [4.69, 9.17) is 5.11 Å². The van der Waals surface area contributed by atoms with Crippen LogP contribution in [0.15, 0.2) is 36.7 Å². The van der Waals surface area contributed by atoms with Crippen LogP contribution < -0.4 is 0 Å². The van der Waals surface area contributed by atoms with E-state index in [1.807, 2.05) is 0 Å². The first-order valence-corrected chi connectivity index (χ1v) is 5.15. The molecule has 0 unspecified atom stereocenters. The number of carboxylic acid groups (broad SMARTS) is 1. The molecule has 5 heteroatoms. The third-order valence-electron chi connectivity index (χ3n) is 2.44. The van der Waals surface area contributed by atoms with Gasteiger partial charge in [0.1, 0.15) is 5.82 Å². The van der Waals surface area contributed by atoms with Crippen LogP contribution in [0.3, 0.4) is 0 Å². The zero-order valence-corrected chi connectivity index (χ0v) is 9.01. The SMILES string of the molecule is O=C(O)c1nccn1CCc1cccc(F)c1. The molecule has 0 aliphatic carbocycles. The summed E-state index contributed by atoms with van der Waals surface area (Å²) in [6, 6.07) is 6.26. The van der Waals surface area contributed by atoms with Crippen molar-refractivity contribution in [2.24, 2.45) is 0 Å². The highest BCUT2D eigenvalue weighted by atomic mass is 19.1. The summed E-state index contributed by atoms with van der Waals surface area (Å²) in [5.74, 6) is -1.35. The summed E-state index contributed by atoms with van der Waals surface area (Å²) in [6.45, 7) is 0.463. The van der Waals surface area contributed by atoms with E-state index in [2.05, 4.69) is 4.98 Å². The van der Waals surface area contributed by atoms with Crippen LogP contribution in [0.1, 0.15) is 16.2 Å². The molecular formula is C12H11FN2O2. The van der Waals surface area contributed by atoms with Gasteiger partial charge in [0, 0.05) is 18.9 Å². The third kappa shape index (κ3) is 2.69. The zero-order valence-electron chi connectivity index (χ0n) is 9.01. The minimum absolute atomic E-state index is 0.00130. The Morgan fingerprint density at radius 3 is 3.00 bits per heavy atom. The quantitative estimate of drug-likeness (QED) is 0.879. The Morgan fingerprint density at radius 2 is 2.29 bits per heavy atom. The number of halogens is 1. The van der Waals surface area contributed by atoms with E-state index in [0.29, 0.717) is 13.0 Å². The Bertz CT molecular complexity index is 537. The Balaban J connectivity index is 2.07. The number of hydrogen-bond donors (Lipinski definition) is 1. The van der Waals surface area contributed by atoms with Gasteiger partial charge in [-0.2, -0.15) is 0 Å². The normalized spacial score (nSPS) is 10.4. The van der Waals surface area contributed by atoms with Crippen molar-refractivity contribution in [3.05, 3.63) is 53.9 Å². The lowest BCUT2D eigenvalue weighted by atomic mass is 10.1. The molecule has 17 heavy (non-hydrogen) atoms. The van der Waals surface area contributed by atoms with Crippen LogP contribution in [0.4, 0.5) is 4.39 Å². The molecular weight excluding hydrogens is 223 g/mol. The lowest BCUT2D eigenvalue weighted by Gasteiger charge is -2.05. The van der Waals surface area contributed by atoms with Crippen molar-refractivity contribution in [1.82, 2.24) is 9.55 Å². The number of hydrogen-bond acceptors (Lipinski definition) is 2. The molecule has 1 aromatic heterocycles. The molecule has 0 radical (unpaired) electrons. The van der Waals surface area contributed by atoms with Crippen molar-refractivity contribution in [1.29, 1.82) is 0 Å². The summed E-state index contributed by atoms with van der Waals surface area (Å²) in [5.41, 5.74) is 0.829. The van der Waals surface area contributed by atoms with Crippen LogP contribution >= 0.6 is 0 Å². The molecule has 0 atom stereocenters. The topological polar surface area (TPSA) is 55.1 Å². The Labute approximate surface area is 97.3 Å². The molecule has 0 saturated carbocycles. The van der Waals surface area contributed by atoms with Crippen molar-refractivity contribution < 1.29 is 14.3 Å². The van der Waals surface area contributed by atoms with Crippen LogP contribution in [-0.2, 0) is 13.0 Å². The second kappa shape index (κ2) is 4.78. The van der Waals surface area contributed by atoms with Crippen LogP contribution in [0.5, 0.6) is 0 Å². The Morgan fingerprint density at radius 1 is 1.47 bits per heavy atom. The molecule has 0 saturated heterocycles. The van der Waals surface area contributed by atoms with Crippen molar-refractivity contribution in [3.8, 4) is 0 Å². The van der Waals surface area contributed by atoms with Gasteiger partial charge in [-0.3, -0.25) is 0 Å². The van der Waals surface area contributed by atoms with E-state index in [-0.39, 0.29) is 11.6 Å². The molecule has 1 aromatic carbocycles. The number of carboxylic acids is 1. The van der Waals surface area contributed by atoms with E-state index in [0.717, 1.165) is 5.56 Å². The number of aryl methyl sites for hydroxylation is 2. The number of rotatable bonds is 4. The summed E-state index contributed by atoms with van der Waals surface area (Å²) in [5, 5.41) is 8.85. The van der Waals surface area contributed by atoms with Gasteiger partial charge in [0.25, 0.3) is 0 Å². The van der Waals surface area contributed by atoms with Gasteiger partial charge in [-0.15, -0.1) is 0 Å². The lowest BCUT2D eigenvalue weighted by molar-refractivity contribution is 0.0678. The number of aromatic carboxylic acids is 1. The van der Waals surface area contributed by atoms with E-state index in [9.17, 15) is 9.18 Å². The molecule has 1 N–H and O–H groups in total. The molecule has 0 spiro atoms. The summed E-state index contributed by atoms with van der Waals surface area (Å²) in [6.07, 6.45) is 3.60. The molecule has 4 nitrogen and oxygen atoms in total. The number of imidazole rings is 1. The summed E-state index contributed by atoms with van der Waals surface area (Å²) in [4.78, 5) is 14.5. The van der Waals surface area contributed by atoms with Gasteiger partial charge in [-0.1, -0.05) is 12.1 Å². The maximum absolute atomic E-state index is 12.9. The van der Waals surface area contributed by atoms with Gasteiger partial charge in [-0.05, 0) is 24.1 Å². The summed E-state index contributed by atoms with van der Waals surface area (Å²) < 4.78 is 14.5. The Kier molecular flexibility index (Phi) is 3.18. The minimum atomic E-state index is -1.06. The fraction of sp³-hybridized carbons (Fsp3) is 0.167. The third-order valence-corrected chi connectivity index (χ3v) is 2.44. The monoisotopic (exact) mass is 234 g/mol. The minimum Gasteiger partial charge on any atom is -0.475 e. The Hall–Kier alpha value is -2.17. The van der Waals surface area contributed by atoms with Crippen LogP contribution in [0.2, 0.25) is 0 Å². The first kappa shape index (κ1) is 11.3. The number of nitrogens with zero attached hydrogens (tertiary/aromatic N) is 2. The van der Waals surface area contributed by atoms with Crippen LogP contribution in [0, 0.1) is 5.82 Å². The van der Waals surface area contributed by atoms with Gasteiger partial charge < -0.3 is 9.67 Å². The number of carbonyl (C=O) groups is 1. The maximum Gasteiger partial charge on any atom is 0.372 e. The molecule has 0 amide bonds. The average molecular weight is 234 g/mol. The number of benzene rings is 1. The molecule has 0 aliphatic heterocycles. The fourth-order valence-electron chi connectivity index (χ4n) is 1.63. The van der Waals surface area contributed by atoms with Gasteiger partial charge in [-0.25, -0.2) is 14.2 Å². The molecule has 88 valence electrons. The molecule has 0 aliphatic rings. The maximum atomic E-state index is 12.9. The summed E-state index contributed by atoms with van der Waals surface area (Å²) >= 11 is 0. The van der Waals surface area contributed by atoms with E-state index in [1.54, 1.807) is 18.3 Å². The highest BCUT2D eigenvalue weighted by Crippen LogP contribution is 2.07. The van der Waals surface area contributed by atoms with Crippen molar-refractivity contribution in [2.75, 3.05) is 0 Å². The lowest BCUT2D eigenvalue weighted by Crippen LogP contribution is -2.10. The van der Waals surface area contributed by atoms with E-state index < -0.39 is 5.97 Å². The second-order valence-corrected chi connectivity index (χ2v) is 3.63. The predicted octanol–water partition coefficient (Wildman–Crippen LogP) is 1.96. The molecule has 1 heterocycles. The smallest absolute Gasteiger partial charge is 0.372 e. The van der Waals surface area contributed by atoms with Crippen LogP contribution in [0.25, 0.3) is 0 Å². The second-order valence-electron chi connectivity index (χ2n) is 3.63. The van der Waals surface area contributed by atoms with Crippen molar-refractivity contribution in [2.45, 2.75) is 13.0 Å². The standard InChI is InChI=1S/C12H11FN2O2/c13-10-3-1-2-9(8-10)4-6-15-7-5-14-11(15)12(16)17/h1-3,5,7-8H,4,6H2,(H,16,17). The predicted molar refractivity (Wildman–Crippen MR) is 59.3 cm³/mol. The number of aromatic nitrogens is 2. The molecule has 0 fully saturated rings. The highest BCUT2D eigenvalue weighted by molar-refractivity contribution is 5.83. The largest absolute Gasteiger partial charge is 0.475 e. The van der Waals surface area contributed by atoms with Crippen molar-refractivity contribution >= 4 is 5.97 Å². The zero-order chi connectivity index (χ0) is 12.3. The van der Waals surface area contributed by atoms with Crippen molar-refractivity contribution in [3.63, 3.8) is 0 Å². The molecule has 2 rings (SSSR count). The van der Waals surface area contributed by atoms with Crippen LogP contribution in [-0.4, -0.2) is 20.6 Å². The average Bonchev–Trinajstić information content (AvgIpc) is 2.74. The van der Waals surface area contributed by atoms with Gasteiger partial charge in [0.05, 0.1) is 0 Å². The van der Waals surface area contributed by atoms with E-state index in [1.165, 1.54) is 22.9 Å².